The van der Waals surface area contributed by atoms with E-state index in [2.05, 4.69) is 4.90 Å². The monoisotopic (exact) mass is 214 g/mol. The zero-order valence-electron chi connectivity index (χ0n) is 8.82. The van der Waals surface area contributed by atoms with Crippen molar-refractivity contribution in [1.29, 1.82) is 0 Å². The quantitative estimate of drug-likeness (QED) is 0.660. The Morgan fingerprint density at radius 1 is 1.53 bits per heavy atom. The second-order valence-corrected chi connectivity index (χ2v) is 4.49. The van der Waals surface area contributed by atoms with Gasteiger partial charge in [-0.3, -0.25) is 9.69 Å². The average molecular weight is 214 g/mol. The number of aliphatic carboxylic acids is 1. The van der Waals surface area contributed by atoms with Gasteiger partial charge in [0.15, 0.2) is 0 Å². The fourth-order valence-electron chi connectivity index (χ4n) is 2.13. The molecule has 0 radical (unpaired) electrons. The highest BCUT2D eigenvalue weighted by molar-refractivity contribution is 5.82. The van der Waals surface area contributed by atoms with Crippen molar-refractivity contribution in [3.8, 4) is 0 Å². The van der Waals surface area contributed by atoms with E-state index in [0.29, 0.717) is 6.42 Å². The summed E-state index contributed by atoms with van der Waals surface area (Å²) >= 11 is 0. The van der Waals surface area contributed by atoms with Crippen LogP contribution in [0.3, 0.4) is 0 Å². The van der Waals surface area contributed by atoms with Crippen LogP contribution in [0.25, 0.3) is 0 Å². The van der Waals surface area contributed by atoms with E-state index in [1.54, 1.807) is 0 Å². The van der Waals surface area contributed by atoms with E-state index in [4.69, 9.17) is 15.6 Å². The number of hydrogen-bond acceptors (Lipinski definition) is 4. The molecule has 3 N–H and O–H groups in total. The first-order valence-electron chi connectivity index (χ1n) is 5.45. The smallest absolute Gasteiger partial charge is 0.323 e. The van der Waals surface area contributed by atoms with Crippen LogP contribution in [-0.4, -0.2) is 54.4 Å². The second kappa shape index (κ2) is 4.08. The summed E-state index contributed by atoms with van der Waals surface area (Å²) in [4.78, 5) is 13.1. The predicted molar refractivity (Wildman–Crippen MR) is 54.5 cm³/mol. The van der Waals surface area contributed by atoms with Crippen molar-refractivity contribution < 1.29 is 14.6 Å². The molecule has 0 bridgehead atoms. The van der Waals surface area contributed by atoms with Gasteiger partial charge < -0.3 is 15.6 Å². The number of ether oxygens (including phenoxy) is 1. The van der Waals surface area contributed by atoms with Crippen LogP contribution in [0.1, 0.15) is 12.8 Å². The zero-order chi connectivity index (χ0) is 10.9. The number of nitrogens with two attached hydrogens (primary N) is 1. The Morgan fingerprint density at radius 3 is 2.73 bits per heavy atom. The van der Waals surface area contributed by atoms with Crippen LogP contribution < -0.4 is 5.73 Å². The lowest BCUT2D eigenvalue weighted by Crippen LogP contribution is -2.39. The van der Waals surface area contributed by atoms with E-state index in [0.717, 1.165) is 39.3 Å². The summed E-state index contributed by atoms with van der Waals surface area (Å²) in [6, 6.07) is 0. The molecule has 1 saturated carbocycles. The molecule has 5 nitrogen and oxygen atoms in total. The maximum Gasteiger partial charge on any atom is 0.323 e. The van der Waals surface area contributed by atoms with Crippen LogP contribution in [0.5, 0.6) is 0 Å². The fourth-order valence-corrected chi connectivity index (χ4v) is 2.13. The second-order valence-electron chi connectivity index (χ2n) is 4.49. The molecule has 0 amide bonds. The standard InChI is InChI=1S/C10H18N2O3/c11-10(9(13)14)7-8(10)1-2-12-3-5-15-6-4-12/h8H,1-7,11H2,(H,13,14)/t8-,10-/m1/s1. The third-order valence-electron chi connectivity index (χ3n) is 3.45. The van der Waals surface area contributed by atoms with Crippen molar-refractivity contribution >= 4 is 5.97 Å². The van der Waals surface area contributed by atoms with E-state index in [1.165, 1.54) is 0 Å². The van der Waals surface area contributed by atoms with Crippen LogP contribution in [0.2, 0.25) is 0 Å². The Labute approximate surface area is 89.2 Å². The van der Waals surface area contributed by atoms with Crippen LogP contribution in [0.15, 0.2) is 0 Å². The highest BCUT2D eigenvalue weighted by atomic mass is 16.5. The number of nitrogens with zero attached hydrogens (tertiary/aromatic N) is 1. The van der Waals surface area contributed by atoms with E-state index in [9.17, 15) is 4.79 Å². The molecular formula is C10H18N2O3. The lowest BCUT2D eigenvalue weighted by molar-refractivity contribution is -0.140. The Bertz CT molecular complexity index is 253. The van der Waals surface area contributed by atoms with Crippen molar-refractivity contribution in [3.63, 3.8) is 0 Å². The van der Waals surface area contributed by atoms with Gasteiger partial charge in [-0.1, -0.05) is 0 Å². The topological polar surface area (TPSA) is 75.8 Å². The largest absolute Gasteiger partial charge is 0.480 e. The molecule has 5 heteroatoms. The van der Waals surface area contributed by atoms with Gasteiger partial charge in [0.1, 0.15) is 5.54 Å². The first kappa shape index (κ1) is 10.9. The summed E-state index contributed by atoms with van der Waals surface area (Å²) in [5.74, 6) is -0.688. The van der Waals surface area contributed by atoms with Gasteiger partial charge >= 0.3 is 5.97 Å². The molecule has 0 aromatic rings. The Morgan fingerprint density at radius 2 is 2.20 bits per heavy atom. The zero-order valence-corrected chi connectivity index (χ0v) is 8.82. The molecule has 1 heterocycles. The number of hydrogen-bond donors (Lipinski definition) is 2. The van der Waals surface area contributed by atoms with E-state index in [-0.39, 0.29) is 5.92 Å². The van der Waals surface area contributed by atoms with Crippen LogP contribution in [-0.2, 0) is 9.53 Å². The number of morpholine rings is 1. The molecule has 86 valence electrons. The van der Waals surface area contributed by atoms with Gasteiger partial charge in [0.05, 0.1) is 13.2 Å². The van der Waals surface area contributed by atoms with Crippen LogP contribution >= 0.6 is 0 Å². The summed E-state index contributed by atoms with van der Waals surface area (Å²) in [6.07, 6.45) is 1.52. The fraction of sp³-hybridized carbons (Fsp3) is 0.900. The summed E-state index contributed by atoms with van der Waals surface area (Å²) in [5.41, 5.74) is 4.78. The van der Waals surface area contributed by atoms with Crippen molar-refractivity contribution in [2.45, 2.75) is 18.4 Å². The van der Waals surface area contributed by atoms with Crippen LogP contribution in [0, 0.1) is 5.92 Å². The molecule has 1 saturated heterocycles. The van der Waals surface area contributed by atoms with Gasteiger partial charge in [-0.25, -0.2) is 0 Å². The molecule has 0 aromatic heterocycles. The summed E-state index contributed by atoms with van der Waals surface area (Å²) in [6.45, 7) is 4.43. The third kappa shape index (κ3) is 2.30. The highest BCUT2D eigenvalue weighted by Gasteiger charge is 2.56. The SMILES string of the molecule is N[C@]1(C(=O)O)C[C@H]1CCN1CCOCC1. The molecule has 1 aliphatic carbocycles. The molecule has 2 aliphatic rings. The maximum absolute atomic E-state index is 10.8. The Hall–Kier alpha value is -0.650. The minimum absolute atomic E-state index is 0.165. The first-order valence-corrected chi connectivity index (χ1v) is 5.45. The van der Waals surface area contributed by atoms with Gasteiger partial charge in [0.2, 0.25) is 0 Å². The third-order valence-corrected chi connectivity index (χ3v) is 3.45. The lowest BCUT2D eigenvalue weighted by atomic mass is 10.1. The molecule has 0 spiro atoms. The molecule has 2 rings (SSSR count). The molecule has 2 fully saturated rings. The Balaban J connectivity index is 1.69. The molecule has 0 aromatic carbocycles. The highest BCUT2D eigenvalue weighted by Crippen LogP contribution is 2.43. The summed E-state index contributed by atoms with van der Waals surface area (Å²) < 4.78 is 5.24. The van der Waals surface area contributed by atoms with Crippen molar-refractivity contribution in [3.05, 3.63) is 0 Å². The summed E-state index contributed by atoms with van der Waals surface area (Å²) in [5, 5.41) is 8.86. The van der Waals surface area contributed by atoms with Gasteiger partial charge in [-0.2, -0.15) is 0 Å². The van der Waals surface area contributed by atoms with E-state index < -0.39 is 11.5 Å². The molecule has 1 aliphatic heterocycles. The number of carboxylic acids is 1. The normalized spacial score (nSPS) is 36.5. The minimum atomic E-state index is -0.924. The number of rotatable bonds is 4. The Kier molecular flexibility index (Phi) is 2.95. The van der Waals surface area contributed by atoms with E-state index in [1.807, 2.05) is 0 Å². The maximum atomic E-state index is 10.8. The van der Waals surface area contributed by atoms with Crippen molar-refractivity contribution in [2.24, 2.45) is 11.7 Å². The molecule has 15 heavy (non-hydrogen) atoms. The molecule has 2 atom stereocenters. The van der Waals surface area contributed by atoms with Crippen molar-refractivity contribution in [2.75, 3.05) is 32.8 Å². The summed E-state index contributed by atoms with van der Waals surface area (Å²) in [7, 11) is 0. The minimum Gasteiger partial charge on any atom is -0.480 e. The predicted octanol–water partition coefficient (Wildman–Crippen LogP) is -0.489. The molecular weight excluding hydrogens is 196 g/mol. The average Bonchev–Trinajstić information content (AvgIpc) is 2.90. The van der Waals surface area contributed by atoms with Crippen LogP contribution in [0.4, 0.5) is 0 Å². The number of carboxylic acid groups (broad SMARTS) is 1. The van der Waals surface area contributed by atoms with E-state index >= 15 is 0 Å². The van der Waals surface area contributed by atoms with Gasteiger partial charge in [-0.15, -0.1) is 0 Å². The van der Waals surface area contributed by atoms with Gasteiger partial charge in [0.25, 0.3) is 0 Å². The van der Waals surface area contributed by atoms with Gasteiger partial charge in [-0.05, 0) is 25.3 Å². The molecule has 0 unspecified atom stereocenters. The lowest BCUT2D eigenvalue weighted by Gasteiger charge is -2.26. The first-order chi connectivity index (χ1) is 7.13. The number of carbonyl (C=O) groups is 1. The van der Waals surface area contributed by atoms with Crippen molar-refractivity contribution in [1.82, 2.24) is 4.90 Å². The van der Waals surface area contributed by atoms with Gasteiger partial charge in [0, 0.05) is 13.1 Å².